The van der Waals surface area contributed by atoms with Crippen LogP contribution in [0.4, 0.5) is 0 Å². The van der Waals surface area contributed by atoms with Crippen LogP contribution >= 0.6 is 12.2 Å². The molecule has 1 aromatic heterocycles. The van der Waals surface area contributed by atoms with E-state index in [0.29, 0.717) is 10.6 Å². The van der Waals surface area contributed by atoms with Gasteiger partial charge in [0.05, 0.1) is 6.21 Å². The minimum Gasteiger partial charge on any atom is -0.486 e. The number of nitrogens with one attached hydrogen (secondary N) is 1. The molecule has 0 unspecified atom stereocenters. The summed E-state index contributed by atoms with van der Waals surface area (Å²) in [5.41, 5.74) is 5.75. The minimum absolute atomic E-state index is 0.278. The third kappa shape index (κ3) is 4.26. The Morgan fingerprint density at radius 1 is 1.08 bits per heavy atom. The Labute approximate surface area is 158 Å². The van der Waals surface area contributed by atoms with E-state index >= 15 is 0 Å². The molecule has 0 bridgehead atoms. The normalized spacial score (nSPS) is 11.2. The van der Waals surface area contributed by atoms with E-state index in [1.165, 1.54) is 5.56 Å². The van der Waals surface area contributed by atoms with E-state index in [-0.39, 0.29) is 6.61 Å². The first-order valence-corrected chi connectivity index (χ1v) is 8.82. The van der Waals surface area contributed by atoms with E-state index in [4.69, 9.17) is 17.0 Å². The van der Waals surface area contributed by atoms with Crippen LogP contribution < -0.4 is 4.74 Å². The molecule has 0 saturated carbocycles. The van der Waals surface area contributed by atoms with E-state index < -0.39 is 0 Å². The number of hydrogen-bond acceptors (Lipinski definition) is 4. The summed E-state index contributed by atoms with van der Waals surface area (Å²) >= 11 is 5.29. The van der Waals surface area contributed by atoms with Gasteiger partial charge in [0.15, 0.2) is 5.82 Å². The van der Waals surface area contributed by atoms with Crippen molar-refractivity contribution in [2.45, 2.75) is 34.3 Å². The molecule has 0 amide bonds. The average Bonchev–Trinajstić information content (AvgIpc) is 2.91. The van der Waals surface area contributed by atoms with Gasteiger partial charge in [-0.2, -0.15) is 14.9 Å². The summed E-state index contributed by atoms with van der Waals surface area (Å²) < 4.78 is 7.91. The molecule has 0 aliphatic heterocycles. The molecule has 3 aromatic rings. The van der Waals surface area contributed by atoms with Crippen LogP contribution in [0.3, 0.4) is 0 Å². The summed E-state index contributed by atoms with van der Waals surface area (Å²) in [5, 5.41) is 11.5. The lowest BCUT2D eigenvalue weighted by molar-refractivity contribution is 0.290. The molecule has 26 heavy (non-hydrogen) atoms. The SMILES string of the molecule is Cc1cc(C)cc(OCc2n[nH]c(=S)n2/N=C\c2ccc(C)cc2C)c1. The van der Waals surface area contributed by atoms with Gasteiger partial charge < -0.3 is 4.74 Å². The fourth-order valence-electron chi connectivity index (χ4n) is 2.79. The molecule has 1 N–H and O–H groups in total. The molecule has 0 atom stereocenters. The predicted octanol–water partition coefficient (Wildman–Crippen LogP) is 4.64. The largest absolute Gasteiger partial charge is 0.486 e. The van der Waals surface area contributed by atoms with Crippen LogP contribution in [0.15, 0.2) is 41.5 Å². The molecule has 0 aliphatic carbocycles. The first-order valence-electron chi connectivity index (χ1n) is 8.41. The van der Waals surface area contributed by atoms with Crippen LogP contribution in [0.2, 0.25) is 0 Å². The molecular weight excluding hydrogens is 344 g/mol. The van der Waals surface area contributed by atoms with Crippen LogP contribution in [-0.2, 0) is 6.61 Å². The second kappa shape index (κ2) is 7.66. The Kier molecular flexibility index (Phi) is 5.32. The molecule has 0 fully saturated rings. The topological polar surface area (TPSA) is 55.2 Å². The number of aromatic nitrogens is 3. The van der Waals surface area contributed by atoms with Gasteiger partial charge in [-0.05, 0) is 74.3 Å². The van der Waals surface area contributed by atoms with Crippen molar-refractivity contribution < 1.29 is 4.74 Å². The Morgan fingerprint density at radius 3 is 2.50 bits per heavy atom. The fourth-order valence-corrected chi connectivity index (χ4v) is 2.99. The second-order valence-corrected chi connectivity index (χ2v) is 6.86. The highest BCUT2D eigenvalue weighted by Crippen LogP contribution is 2.17. The summed E-state index contributed by atoms with van der Waals surface area (Å²) in [7, 11) is 0. The van der Waals surface area contributed by atoms with Gasteiger partial charge >= 0.3 is 0 Å². The molecule has 0 radical (unpaired) electrons. The van der Waals surface area contributed by atoms with E-state index in [1.54, 1.807) is 10.9 Å². The molecule has 0 spiro atoms. The zero-order valence-corrected chi connectivity index (χ0v) is 16.2. The van der Waals surface area contributed by atoms with Gasteiger partial charge in [-0.1, -0.05) is 29.8 Å². The number of H-pyrrole nitrogens is 1. The standard InChI is InChI=1S/C20H22N4OS/c1-13-5-6-17(16(4)8-13)11-21-24-19(22-23-20(24)26)12-25-18-9-14(2)7-15(3)10-18/h5-11H,12H2,1-4H3,(H,23,26)/b21-11-. The third-order valence-electron chi connectivity index (χ3n) is 4.02. The molecular formula is C20H22N4OS. The lowest BCUT2D eigenvalue weighted by Gasteiger charge is -2.08. The van der Waals surface area contributed by atoms with Gasteiger partial charge in [-0.3, -0.25) is 0 Å². The molecule has 0 aliphatic rings. The number of aromatic amines is 1. The first-order chi connectivity index (χ1) is 12.4. The summed E-state index contributed by atoms with van der Waals surface area (Å²) in [5.74, 6) is 1.43. The average molecular weight is 366 g/mol. The van der Waals surface area contributed by atoms with Crippen molar-refractivity contribution in [1.29, 1.82) is 0 Å². The van der Waals surface area contributed by atoms with Crippen LogP contribution in [0.5, 0.6) is 5.75 Å². The van der Waals surface area contributed by atoms with Crippen LogP contribution in [0.25, 0.3) is 0 Å². The van der Waals surface area contributed by atoms with Crippen molar-refractivity contribution in [2.75, 3.05) is 0 Å². The van der Waals surface area contributed by atoms with E-state index in [0.717, 1.165) is 28.0 Å². The maximum absolute atomic E-state index is 5.88. The molecule has 2 aromatic carbocycles. The maximum atomic E-state index is 5.88. The molecule has 0 saturated heterocycles. The fraction of sp³-hybridized carbons (Fsp3) is 0.250. The number of ether oxygens (including phenoxy) is 1. The smallest absolute Gasteiger partial charge is 0.216 e. The predicted molar refractivity (Wildman–Crippen MR) is 107 cm³/mol. The van der Waals surface area contributed by atoms with Gasteiger partial charge in [-0.15, -0.1) is 0 Å². The molecule has 5 nitrogen and oxygen atoms in total. The number of hydrogen-bond donors (Lipinski definition) is 1. The van der Waals surface area contributed by atoms with Crippen molar-refractivity contribution >= 4 is 18.4 Å². The lowest BCUT2D eigenvalue weighted by atomic mass is 10.1. The van der Waals surface area contributed by atoms with Crippen LogP contribution in [0.1, 0.15) is 33.6 Å². The number of aryl methyl sites for hydroxylation is 4. The quantitative estimate of drug-likeness (QED) is 0.529. The van der Waals surface area contributed by atoms with Gasteiger partial charge in [0.25, 0.3) is 0 Å². The lowest BCUT2D eigenvalue weighted by Crippen LogP contribution is -2.04. The van der Waals surface area contributed by atoms with Gasteiger partial charge in [0.2, 0.25) is 4.77 Å². The van der Waals surface area contributed by atoms with E-state index in [2.05, 4.69) is 47.3 Å². The monoisotopic (exact) mass is 366 g/mol. The Hall–Kier alpha value is -2.73. The summed E-state index contributed by atoms with van der Waals surface area (Å²) in [6.07, 6.45) is 1.79. The second-order valence-electron chi connectivity index (χ2n) is 6.47. The molecule has 3 rings (SSSR count). The minimum atomic E-state index is 0.278. The molecule has 1 heterocycles. The Morgan fingerprint density at radius 2 is 1.81 bits per heavy atom. The first kappa shape index (κ1) is 18.1. The van der Waals surface area contributed by atoms with Crippen LogP contribution in [-0.4, -0.2) is 21.1 Å². The van der Waals surface area contributed by atoms with Crippen molar-refractivity contribution in [3.05, 3.63) is 74.8 Å². The number of benzene rings is 2. The summed E-state index contributed by atoms with van der Waals surface area (Å²) in [6, 6.07) is 12.3. The summed E-state index contributed by atoms with van der Waals surface area (Å²) in [4.78, 5) is 0. The Bertz CT molecular complexity index is 997. The van der Waals surface area contributed by atoms with Crippen molar-refractivity contribution in [3.8, 4) is 5.75 Å². The zero-order valence-electron chi connectivity index (χ0n) is 15.4. The van der Waals surface area contributed by atoms with Crippen molar-refractivity contribution in [2.24, 2.45) is 5.10 Å². The van der Waals surface area contributed by atoms with Crippen LogP contribution in [0, 0.1) is 32.5 Å². The third-order valence-corrected chi connectivity index (χ3v) is 4.28. The highest BCUT2D eigenvalue weighted by Gasteiger charge is 2.07. The van der Waals surface area contributed by atoms with Crippen molar-refractivity contribution in [3.63, 3.8) is 0 Å². The van der Waals surface area contributed by atoms with Gasteiger partial charge in [-0.25, -0.2) is 5.10 Å². The highest BCUT2D eigenvalue weighted by molar-refractivity contribution is 7.71. The number of nitrogens with zero attached hydrogens (tertiary/aromatic N) is 3. The maximum Gasteiger partial charge on any atom is 0.216 e. The molecule has 134 valence electrons. The highest BCUT2D eigenvalue weighted by atomic mass is 32.1. The number of rotatable bonds is 5. The van der Waals surface area contributed by atoms with E-state index in [1.807, 2.05) is 32.0 Å². The zero-order chi connectivity index (χ0) is 18.7. The Balaban J connectivity index is 1.80. The van der Waals surface area contributed by atoms with E-state index in [9.17, 15) is 0 Å². The van der Waals surface area contributed by atoms with Gasteiger partial charge in [0, 0.05) is 0 Å². The summed E-state index contributed by atoms with van der Waals surface area (Å²) in [6.45, 7) is 8.50. The van der Waals surface area contributed by atoms with Gasteiger partial charge in [0.1, 0.15) is 12.4 Å². The van der Waals surface area contributed by atoms with Crippen molar-refractivity contribution in [1.82, 2.24) is 14.9 Å². The molecule has 6 heteroatoms.